The summed E-state index contributed by atoms with van der Waals surface area (Å²) in [5, 5.41) is 0. The smallest absolute Gasteiger partial charge is 0.211 e. The number of hydrogen-bond acceptors (Lipinski definition) is 4. The predicted molar refractivity (Wildman–Crippen MR) is 51.4 cm³/mol. The van der Waals surface area contributed by atoms with Crippen molar-refractivity contribution in [2.45, 2.75) is 32.2 Å². The Hall–Kier alpha value is -1.24. The van der Waals surface area contributed by atoms with Crippen molar-refractivity contribution in [3.05, 3.63) is 0 Å². The van der Waals surface area contributed by atoms with Crippen molar-refractivity contribution in [1.82, 2.24) is 0 Å². The van der Waals surface area contributed by atoms with Crippen LogP contribution in [0.25, 0.3) is 0 Å². The molecule has 0 aliphatic heterocycles. The van der Waals surface area contributed by atoms with Crippen LogP contribution >= 0.6 is 0 Å². The first-order valence-electron chi connectivity index (χ1n) is 4.88. The molecule has 0 N–H and O–H groups in total. The molecule has 0 aromatic rings. The molecule has 0 heterocycles. The maximum atomic E-state index is 10.1. The Morgan fingerprint density at radius 1 is 1.29 bits per heavy atom. The maximum absolute atomic E-state index is 10.1. The SMILES string of the molecule is CC1CC(N=C=O)CCC1CN=C=O. The van der Waals surface area contributed by atoms with Crippen LogP contribution in [-0.4, -0.2) is 24.7 Å². The van der Waals surface area contributed by atoms with Crippen LogP contribution in [0.3, 0.4) is 0 Å². The van der Waals surface area contributed by atoms with Gasteiger partial charge in [-0.3, -0.25) is 0 Å². The van der Waals surface area contributed by atoms with Crippen LogP contribution in [-0.2, 0) is 9.59 Å². The summed E-state index contributed by atoms with van der Waals surface area (Å²) in [6.07, 6.45) is 5.94. The zero-order valence-electron chi connectivity index (χ0n) is 8.27. The van der Waals surface area contributed by atoms with Crippen molar-refractivity contribution >= 4 is 12.2 Å². The molecule has 0 aromatic heterocycles. The third kappa shape index (κ3) is 2.91. The number of nitrogens with zero attached hydrogens (tertiary/aromatic N) is 2. The van der Waals surface area contributed by atoms with Gasteiger partial charge >= 0.3 is 0 Å². The van der Waals surface area contributed by atoms with E-state index in [1.807, 2.05) is 0 Å². The first-order valence-corrected chi connectivity index (χ1v) is 4.88. The number of aliphatic imine (C=N–C) groups is 2. The Morgan fingerprint density at radius 3 is 2.64 bits per heavy atom. The van der Waals surface area contributed by atoms with Gasteiger partial charge in [-0.1, -0.05) is 6.92 Å². The molecule has 1 rings (SSSR count). The summed E-state index contributed by atoms with van der Waals surface area (Å²) in [6, 6.07) is 0.124. The second-order valence-electron chi connectivity index (χ2n) is 3.86. The quantitative estimate of drug-likeness (QED) is 0.504. The van der Waals surface area contributed by atoms with Crippen LogP contribution in [0.4, 0.5) is 0 Å². The summed E-state index contributed by atoms with van der Waals surface area (Å²) in [6.45, 7) is 2.67. The lowest BCUT2D eigenvalue weighted by atomic mass is 9.78. The van der Waals surface area contributed by atoms with Crippen molar-refractivity contribution in [2.24, 2.45) is 21.8 Å². The van der Waals surface area contributed by atoms with E-state index in [9.17, 15) is 9.59 Å². The lowest BCUT2D eigenvalue weighted by Gasteiger charge is -2.30. The van der Waals surface area contributed by atoms with Crippen molar-refractivity contribution in [3.8, 4) is 0 Å². The molecule has 0 bridgehead atoms. The highest BCUT2D eigenvalue weighted by Gasteiger charge is 2.26. The molecule has 3 atom stereocenters. The zero-order valence-corrected chi connectivity index (χ0v) is 8.27. The molecule has 0 saturated heterocycles. The highest BCUT2D eigenvalue weighted by Crippen LogP contribution is 2.31. The summed E-state index contributed by atoms with van der Waals surface area (Å²) in [7, 11) is 0. The molecule has 4 nitrogen and oxygen atoms in total. The molecule has 76 valence electrons. The van der Waals surface area contributed by atoms with Gasteiger partial charge in [0.05, 0.1) is 12.6 Å². The molecule has 14 heavy (non-hydrogen) atoms. The Morgan fingerprint density at radius 2 is 2.07 bits per heavy atom. The Bertz CT molecular complexity index is 278. The first-order chi connectivity index (χ1) is 6.77. The van der Waals surface area contributed by atoms with E-state index in [1.54, 1.807) is 12.2 Å². The van der Waals surface area contributed by atoms with E-state index >= 15 is 0 Å². The molecule has 0 radical (unpaired) electrons. The Labute approximate surface area is 83.1 Å². The predicted octanol–water partition coefficient (Wildman–Crippen LogP) is 1.46. The highest BCUT2D eigenvalue weighted by molar-refractivity contribution is 5.33. The number of isocyanates is 2. The minimum absolute atomic E-state index is 0.124. The third-order valence-corrected chi connectivity index (χ3v) is 2.94. The van der Waals surface area contributed by atoms with Crippen LogP contribution in [0.1, 0.15) is 26.2 Å². The van der Waals surface area contributed by atoms with Gasteiger partial charge in [0.2, 0.25) is 12.2 Å². The third-order valence-electron chi connectivity index (χ3n) is 2.94. The fourth-order valence-electron chi connectivity index (χ4n) is 2.05. The van der Waals surface area contributed by atoms with Crippen molar-refractivity contribution in [3.63, 3.8) is 0 Å². The van der Waals surface area contributed by atoms with Gasteiger partial charge in [0.15, 0.2) is 0 Å². The van der Waals surface area contributed by atoms with Gasteiger partial charge in [-0.15, -0.1) is 0 Å². The van der Waals surface area contributed by atoms with Crippen molar-refractivity contribution < 1.29 is 9.59 Å². The van der Waals surface area contributed by atoms with Gasteiger partial charge in [0.1, 0.15) is 0 Å². The van der Waals surface area contributed by atoms with E-state index in [0.717, 1.165) is 19.3 Å². The summed E-state index contributed by atoms with van der Waals surface area (Å²) >= 11 is 0. The van der Waals surface area contributed by atoms with Crippen molar-refractivity contribution in [2.75, 3.05) is 6.54 Å². The molecule has 0 aromatic carbocycles. The molecular weight excluding hydrogens is 180 g/mol. The van der Waals surface area contributed by atoms with E-state index in [0.29, 0.717) is 18.4 Å². The lowest BCUT2D eigenvalue weighted by molar-refractivity contribution is 0.241. The van der Waals surface area contributed by atoms with Crippen LogP contribution in [0.5, 0.6) is 0 Å². The lowest BCUT2D eigenvalue weighted by Crippen LogP contribution is -2.26. The van der Waals surface area contributed by atoms with Gasteiger partial charge in [0, 0.05) is 0 Å². The van der Waals surface area contributed by atoms with Crippen LogP contribution < -0.4 is 0 Å². The van der Waals surface area contributed by atoms with Crippen LogP contribution in [0.2, 0.25) is 0 Å². The van der Waals surface area contributed by atoms with E-state index < -0.39 is 0 Å². The second-order valence-corrected chi connectivity index (χ2v) is 3.86. The minimum atomic E-state index is 0.124. The van der Waals surface area contributed by atoms with E-state index in [2.05, 4.69) is 16.9 Å². The number of rotatable bonds is 3. The van der Waals surface area contributed by atoms with Gasteiger partial charge < -0.3 is 0 Å². The van der Waals surface area contributed by atoms with E-state index in [4.69, 9.17) is 0 Å². The molecule has 0 spiro atoms. The van der Waals surface area contributed by atoms with Crippen LogP contribution in [0, 0.1) is 11.8 Å². The first kappa shape index (κ1) is 10.8. The van der Waals surface area contributed by atoms with Crippen LogP contribution in [0.15, 0.2) is 9.98 Å². The fraction of sp³-hybridized carbons (Fsp3) is 0.800. The van der Waals surface area contributed by atoms with E-state index in [1.165, 1.54) is 0 Å². The highest BCUT2D eigenvalue weighted by atomic mass is 16.1. The zero-order chi connectivity index (χ0) is 10.4. The van der Waals surface area contributed by atoms with Gasteiger partial charge in [-0.2, -0.15) is 0 Å². The summed E-state index contributed by atoms with van der Waals surface area (Å²) in [5.41, 5.74) is 0. The molecule has 4 heteroatoms. The molecule has 3 unspecified atom stereocenters. The Balaban J connectivity index is 2.46. The largest absolute Gasteiger partial charge is 0.235 e. The van der Waals surface area contributed by atoms with E-state index in [-0.39, 0.29) is 6.04 Å². The molecule has 1 fully saturated rings. The topological polar surface area (TPSA) is 58.9 Å². The molecule has 1 saturated carbocycles. The van der Waals surface area contributed by atoms with Crippen molar-refractivity contribution in [1.29, 1.82) is 0 Å². The molecule has 0 amide bonds. The number of hydrogen-bond donors (Lipinski definition) is 0. The summed E-state index contributed by atoms with van der Waals surface area (Å²) in [4.78, 5) is 27.4. The summed E-state index contributed by atoms with van der Waals surface area (Å²) in [5.74, 6) is 0.900. The van der Waals surface area contributed by atoms with Gasteiger partial charge in [-0.25, -0.2) is 19.6 Å². The fourth-order valence-corrected chi connectivity index (χ4v) is 2.05. The maximum Gasteiger partial charge on any atom is 0.235 e. The molecule has 1 aliphatic carbocycles. The minimum Gasteiger partial charge on any atom is -0.211 e. The average molecular weight is 194 g/mol. The molecule has 1 aliphatic rings. The van der Waals surface area contributed by atoms with Gasteiger partial charge in [0.25, 0.3) is 0 Å². The van der Waals surface area contributed by atoms with Gasteiger partial charge in [-0.05, 0) is 31.1 Å². The Kier molecular flexibility index (Phi) is 4.24. The average Bonchev–Trinajstić information content (AvgIpc) is 2.17. The normalized spacial score (nSPS) is 31.4. The monoisotopic (exact) mass is 194 g/mol. The molecular formula is C10H14N2O2. The summed E-state index contributed by atoms with van der Waals surface area (Å²) < 4.78 is 0. The standard InChI is InChI=1S/C10H14N2O2/c1-8-4-10(12-7-14)3-2-9(8)5-11-6-13/h8-10H,2-5H2,1H3. The number of carbonyl (C=O) groups excluding carboxylic acids is 2. The second kappa shape index (κ2) is 5.48.